The summed E-state index contributed by atoms with van der Waals surface area (Å²) in [6.07, 6.45) is 1.16. The second kappa shape index (κ2) is 5.21. The molecule has 1 N–H and O–H groups in total. The van der Waals surface area contributed by atoms with Gasteiger partial charge in [-0.1, -0.05) is 25.1 Å². The Kier molecular flexibility index (Phi) is 3.42. The molecule has 1 aromatic rings. The van der Waals surface area contributed by atoms with Gasteiger partial charge in [0.25, 0.3) is 0 Å². The van der Waals surface area contributed by atoms with Crippen molar-refractivity contribution >= 4 is 11.6 Å². The van der Waals surface area contributed by atoms with Crippen LogP contribution in [0, 0.1) is 0 Å². The highest BCUT2D eigenvalue weighted by molar-refractivity contribution is 5.88. The van der Waals surface area contributed by atoms with E-state index in [1.54, 1.807) is 0 Å². The Hall–Kier alpha value is -1.55. The van der Waals surface area contributed by atoms with Crippen molar-refractivity contribution in [3.8, 4) is 0 Å². The fraction of sp³-hybridized carbons (Fsp3) is 0.533. The highest BCUT2D eigenvalue weighted by Crippen LogP contribution is 2.32. The van der Waals surface area contributed by atoms with Crippen LogP contribution in [0.15, 0.2) is 24.3 Å². The third-order valence-corrected chi connectivity index (χ3v) is 4.04. The van der Waals surface area contributed by atoms with E-state index >= 15 is 0 Å². The minimum absolute atomic E-state index is 0.0354. The fourth-order valence-electron chi connectivity index (χ4n) is 2.89. The van der Waals surface area contributed by atoms with Crippen LogP contribution in [0.4, 0.5) is 5.69 Å². The number of carbonyl (C=O) groups excluding carboxylic acids is 1. The first-order valence-electron chi connectivity index (χ1n) is 7.02. The summed E-state index contributed by atoms with van der Waals surface area (Å²) in [4.78, 5) is 14.6. The minimum Gasteiger partial charge on any atom is -0.384 e. The van der Waals surface area contributed by atoms with Crippen molar-refractivity contribution in [3.05, 3.63) is 29.8 Å². The Morgan fingerprint density at radius 3 is 3.16 bits per heavy atom. The average molecular weight is 260 g/mol. The SMILES string of the molecule is CCC1CN(C(=O)C2CNc3ccccc32)CCO1. The van der Waals surface area contributed by atoms with Crippen molar-refractivity contribution < 1.29 is 9.53 Å². The van der Waals surface area contributed by atoms with Crippen LogP contribution < -0.4 is 5.32 Å². The van der Waals surface area contributed by atoms with E-state index in [0.29, 0.717) is 19.7 Å². The molecule has 1 aromatic carbocycles. The van der Waals surface area contributed by atoms with Crippen LogP contribution in [-0.4, -0.2) is 43.2 Å². The molecule has 0 radical (unpaired) electrons. The fourth-order valence-corrected chi connectivity index (χ4v) is 2.89. The third-order valence-electron chi connectivity index (χ3n) is 4.04. The molecule has 0 aliphatic carbocycles. The van der Waals surface area contributed by atoms with E-state index in [-0.39, 0.29) is 17.9 Å². The minimum atomic E-state index is -0.0354. The van der Waals surface area contributed by atoms with Gasteiger partial charge < -0.3 is 15.0 Å². The molecule has 1 saturated heterocycles. The lowest BCUT2D eigenvalue weighted by Crippen LogP contribution is -2.47. The number of hydrogen-bond acceptors (Lipinski definition) is 3. The Labute approximate surface area is 113 Å². The van der Waals surface area contributed by atoms with Gasteiger partial charge in [-0.3, -0.25) is 4.79 Å². The number of rotatable bonds is 2. The highest BCUT2D eigenvalue weighted by Gasteiger charge is 2.33. The van der Waals surface area contributed by atoms with Crippen molar-refractivity contribution in [2.75, 3.05) is 31.6 Å². The number of para-hydroxylation sites is 1. The molecule has 1 amide bonds. The van der Waals surface area contributed by atoms with E-state index < -0.39 is 0 Å². The molecule has 102 valence electrons. The van der Waals surface area contributed by atoms with E-state index in [4.69, 9.17) is 4.74 Å². The first-order valence-corrected chi connectivity index (χ1v) is 7.02. The maximum Gasteiger partial charge on any atom is 0.232 e. The number of ether oxygens (including phenoxy) is 1. The Morgan fingerprint density at radius 2 is 2.32 bits per heavy atom. The molecule has 0 bridgehead atoms. The smallest absolute Gasteiger partial charge is 0.232 e. The Morgan fingerprint density at radius 1 is 1.47 bits per heavy atom. The Balaban J connectivity index is 1.75. The number of benzene rings is 1. The van der Waals surface area contributed by atoms with Gasteiger partial charge in [-0.05, 0) is 18.1 Å². The first-order chi connectivity index (χ1) is 9.29. The van der Waals surface area contributed by atoms with E-state index in [9.17, 15) is 4.79 Å². The zero-order valence-corrected chi connectivity index (χ0v) is 11.3. The van der Waals surface area contributed by atoms with Gasteiger partial charge in [0, 0.05) is 25.3 Å². The lowest BCUT2D eigenvalue weighted by atomic mass is 9.99. The molecule has 2 atom stereocenters. The largest absolute Gasteiger partial charge is 0.384 e. The Bertz CT molecular complexity index is 475. The summed E-state index contributed by atoms with van der Waals surface area (Å²) in [5, 5.41) is 3.32. The lowest BCUT2D eigenvalue weighted by molar-refractivity contribution is -0.140. The molecule has 2 aliphatic rings. The van der Waals surface area contributed by atoms with Crippen LogP contribution in [0.2, 0.25) is 0 Å². The van der Waals surface area contributed by atoms with E-state index in [1.165, 1.54) is 0 Å². The van der Waals surface area contributed by atoms with Gasteiger partial charge in [0.15, 0.2) is 0 Å². The molecular weight excluding hydrogens is 240 g/mol. The third kappa shape index (κ3) is 2.32. The molecule has 2 unspecified atom stereocenters. The molecule has 0 saturated carbocycles. The van der Waals surface area contributed by atoms with Crippen LogP contribution in [0.25, 0.3) is 0 Å². The van der Waals surface area contributed by atoms with Crippen LogP contribution in [0.3, 0.4) is 0 Å². The number of nitrogens with zero attached hydrogens (tertiary/aromatic N) is 1. The van der Waals surface area contributed by atoms with Gasteiger partial charge in [0.2, 0.25) is 5.91 Å². The second-order valence-corrected chi connectivity index (χ2v) is 5.21. The molecule has 0 spiro atoms. The number of fused-ring (bicyclic) bond motifs is 1. The van der Waals surface area contributed by atoms with Crippen LogP contribution in [-0.2, 0) is 9.53 Å². The van der Waals surface area contributed by atoms with Crippen molar-refractivity contribution in [1.29, 1.82) is 0 Å². The molecular formula is C15H20N2O2. The van der Waals surface area contributed by atoms with Crippen molar-refractivity contribution in [3.63, 3.8) is 0 Å². The molecule has 3 rings (SSSR count). The molecule has 2 aliphatic heterocycles. The van der Waals surface area contributed by atoms with Gasteiger partial charge in [-0.15, -0.1) is 0 Å². The first kappa shape index (κ1) is 12.5. The van der Waals surface area contributed by atoms with E-state index in [1.807, 2.05) is 23.1 Å². The van der Waals surface area contributed by atoms with E-state index in [0.717, 1.165) is 24.2 Å². The molecule has 0 aromatic heterocycles. The quantitative estimate of drug-likeness (QED) is 0.882. The van der Waals surface area contributed by atoms with Crippen molar-refractivity contribution in [1.82, 2.24) is 4.90 Å². The summed E-state index contributed by atoms with van der Waals surface area (Å²) < 4.78 is 5.63. The molecule has 4 nitrogen and oxygen atoms in total. The number of carbonyl (C=O) groups is 1. The zero-order valence-electron chi connectivity index (χ0n) is 11.3. The number of anilines is 1. The number of morpholine rings is 1. The van der Waals surface area contributed by atoms with Gasteiger partial charge >= 0.3 is 0 Å². The lowest BCUT2D eigenvalue weighted by Gasteiger charge is -2.34. The van der Waals surface area contributed by atoms with E-state index in [2.05, 4.69) is 18.3 Å². The van der Waals surface area contributed by atoms with Crippen molar-refractivity contribution in [2.24, 2.45) is 0 Å². The summed E-state index contributed by atoms with van der Waals surface area (Å²) in [5.74, 6) is 0.200. The average Bonchev–Trinajstić information content (AvgIpc) is 2.90. The number of hydrogen-bond donors (Lipinski definition) is 1. The molecule has 1 fully saturated rings. The summed E-state index contributed by atoms with van der Waals surface area (Å²) >= 11 is 0. The van der Waals surface area contributed by atoms with Gasteiger partial charge in [0.05, 0.1) is 18.6 Å². The summed E-state index contributed by atoms with van der Waals surface area (Å²) in [6.45, 7) is 4.92. The monoisotopic (exact) mass is 260 g/mol. The van der Waals surface area contributed by atoms with Crippen molar-refractivity contribution in [2.45, 2.75) is 25.4 Å². The van der Waals surface area contributed by atoms with Gasteiger partial charge in [0.1, 0.15) is 0 Å². The summed E-state index contributed by atoms with van der Waals surface area (Å²) in [7, 11) is 0. The summed E-state index contributed by atoms with van der Waals surface area (Å²) in [6, 6.07) is 8.09. The molecule has 19 heavy (non-hydrogen) atoms. The predicted molar refractivity (Wildman–Crippen MR) is 74.3 cm³/mol. The van der Waals surface area contributed by atoms with Crippen LogP contribution >= 0.6 is 0 Å². The zero-order chi connectivity index (χ0) is 13.2. The molecule has 2 heterocycles. The maximum absolute atomic E-state index is 12.7. The standard InChI is InChI=1S/C15H20N2O2/c1-2-11-10-17(7-8-19-11)15(18)13-9-16-14-6-4-3-5-12(13)14/h3-6,11,13,16H,2,7-10H2,1H3. The summed E-state index contributed by atoms with van der Waals surface area (Å²) in [5.41, 5.74) is 2.23. The van der Waals surface area contributed by atoms with Gasteiger partial charge in [-0.25, -0.2) is 0 Å². The predicted octanol–water partition coefficient (Wildman–Crippen LogP) is 1.83. The number of amides is 1. The normalized spacial score (nSPS) is 25.8. The van der Waals surface area contributed by atoms with Gasteiger partial charge in [-0.2, -0.15) is 0 Å². The molecule has 4 heteroatoms. The van der Waals surface area contributed by atoms with Crippen LogP contribution in [0.1, 0.15) is 24.8 Å². The second-order valence-electron chi connectivity index (χ2n) is 5.21. The highest BCUT2D eigenvalue weighted by atomic mass is 16.5. The van der Waals surface area contributed by atoms with Crippen LogP contribution in [0.5, 0.6) is 0 Å². The maximum atomic E-state index is 12.7. The topological polar surface area (TPSA) is 41.6 Å². The number of nitrogens with one attached hydrogen (secondary N) is 1.